The molecule has 154 valence electrons. The van der Waals surface area contributed by atoms with E-state index >= 15 is 0 Å². The molecule has 0 radical (unpaired) electrons. The Bertz CT molecular complexity index is 1110. The zero-order valence-electron chi connectivity index (χ0n) is 16.0. The highest BCUT2D eigenvalue weighted by Gasteiger charge is 2.23. The maximum Gasteiger partial charge on any atom is 0.263 e. The summed E-state index contributed by atoms with van der Waals surface area (Å²) < 4.78 is 28.8. The van der Waals surface area contributed by atoms with Crippen LogP contribution in [-0.2, 0) is 14.8 Å². The van der Waals surface area contributed by atoms with Crippen LogP contribution in [0.15, 0.2) is 40.7 Å². The van der Waals surface area contributed by atoms with E-state index in [1.807, 2.05) is 13.8 Å². The molecule has 11 heteroatoms. The SMILES string of the molecule is CCC(C(=O)Nc1ccc(S(=O)(=O)Nc2nccs2)cc1)n1nc(C)c(Cl)c1C. The molecule has 1 aromatic carbocycles. The predicted molar refractivity (Wildman–Crippen MR) is 114 cm³/mol. The number of amides is 1. The summed E-state index contributed by atoms with van der Waals surface area (Å²) in [6.07, 6.45) is 2.04. The van der Waals surface area contributed by atoms with Crippen molar-refractivity contribution in [2.75, 3.05) is 10.0 Å². The van der Waals surface area contributed by atoms with Crippen LogP contribution in [-0.4, -0.2) is 29.1 Å². The number of carbonyl (C=O) groups is 1. The molecule has 0 aliphatic rings. The highest BCUT2D eigenvalue weighted by molar-refractivity contribution is 7.93. The Kier molecular flexibility index (Phi) is 6.25. The third-order valence-electron chi connectivity index (χ3n) is 4.31. The summed E-state index contributed by atoms with van der Waals surface area (Å²) in [4.78, 5) is 16.7. The van der Waals surface area contributed by atoms with E-state index in [0.29, 0.717) is 22.8 Å². The van der Waals surface area contributed by atoms with Gasteiger partial charge in [-0.25, -0.2) is 13.4 Å². The number of nitrogens with one attached hydrogen (secondary N) is 2. The van der Waals surface area contributed by atoms with Crippen LogP contribution in [0.1, 0.15) is 30.8 Å². The lowest BCUT2D eigenvalue weighted by Gasteiger charge is -2.17. The lowest BCUT2D eigenvalue weighted by Crippen LogP contribution is -2.27. The van der Waals surface area contributed by atoms with Gasteiger partial charge in [-0.1, -0.05) is 18.5 Å². The fourth-order valence-electron chi connectivity index (χ4n) is 2.81. The zero-order chi connectivity index (χ0) is 21.2. The molecule has 2 aromatic heterocycles. The van der Waals surface area contributed by atoms with Crippen molar-refractivity contribution >= 4 is 49.7 Å². The molecular weight excluding hydrogens is 434 g/mol. The number of nitrogens with zero attached hydrogens (tertiary/aromatic N) is 3. The quantitative estimate of drug-likeness (QED) is 0.562. The molecule has 2 heterocycles. The number of hydrogen-bond acceptors (Lipinski definition) is 6. The van der Waals surface area contributed by atoms with Gasteiger partial charge < -0.3 is 5.32 Å². The Morgan fingerprint density at radius 3 is 2.48 bits per heavy atom. The van der Waals surface area contributed by atoms with Gasteiger partial charge in [-0.2, -0.15) is 5.10 Å². The number of aromatic nitrogens is 3. The van der Waals surface area contributed by atoms with Crippen LogP contribution in [0.25, 0.3) is 0 Å². The van der Waals surface area contributed by atoms with Crippen molar-refractivity contribution in [2.45, 2.75) is 38.1 Å². The smallest absolute Gasteiger partial charge is 0.263 e. The topological polar surface area (TPSA) is 106 Å². The number of aryl methyl sites for hydroxylation is 1. The predicted octanol–water partition coefficient (Wildman–Crippen LogP) is 4.00. The van der Waals surface area contributed by atoms with Gasteiger partial charge in [0.1, 0.15) is 6.04 Å². The van der Waals surface area contributed by atoms with Crippen molar-refractivity contribution < 1.29 is 13.2 Å². The highest BCUT2D eigenvalue weighted by Crippen LogP contribution is 2.25. The van der Waals surface area contributed by atoms with Crippen molar-refractivity contribution in [1.82, 2.24) is 14.8 Å². The molecule has 1 atom stereocenters. The van der Waals surface area contributed by atoms with Crippen LogP contribution in [0.4, 0.5) is 10.8 Å². The summed E-state index contributed by atoms with van der Waals surface area (Å²) in [5, 5.41) is 9.67. The molecular formula is C18H20ClN5O3S2. The number of anilines is 2. The number of halogens is 1. The third-order valence-corrected chi connectivity index (χ3v) is 7.03. The summed E-state index contributed by atoms with van der Waals surface area (Å²) >= 11 is 7.38. The Hall–Kier alpha value is -2.43. The Morgan fingerprint density at radius 1 is 1.28 bits per heavy atom. The number of carbonyl (C=O) groups excluding carboxylic acids is 1. The first-order chi connectivity index (χ1) is 13.7. The van der Waals surface area contributed by atoms with Crippen molar-refractivity contribution in [3.8, 4) is 0 Å². The van der Waals surface area contributed by atoms with Crippen LogP contribution in [0, 0.1) is 13.8 Å². The van der Waals surface area contributed by atoms with Crippen LogP contribution in [0.5, 0.6) is 0 Å². The molecule has 0 aliphatic carbocycles. The lowest BCUT2D eigenvalue weighted by atomic mass is 10.2. The van der Waals surface area contributed by atoms with Gasteiger partial charge in [0, 0.05) is 17.3 Å². The summed E-state index contributed by atoms with van der Waals surface area (Å²) in [5.74, 6) is -0.258. The number of hydrogen-bond donors (Lipinski definition) is 2. The maximum absolute atomic E-state index is 12.8. The number of rotatable bonds is 7. The molecule has 0 fully saturated rings. The molecule has 3 rings (SSSR count). The molecule has 0 bridgehead atoms. The average molecular weight is 454 g/mol. The van der Waals surface area contributed by atoms with Crippen LogP contribution < -0.4 is 10.0 Å². The Labute approximate surface area is 178 Å². The van der Waals surface area contributed by atoms with E-state index in [4.69, 9.17) is 11.6 Å². The molecule has 2 N–H and O–H groups in total. The van der Waals surface area contributed by atoms with E-state index in [1.54, 1.807) is 17.0 Å². The molecule has 8 nitrogen and oxygen atoms in total. The molecule has 0 spiro atoms. The number of sulfonamides is 1. The molecule has 0 saturated carbocycles. The van der Waals surface area contributed by atoms with Gasteiger partial charge in [-0.15, -0.1) is 11.3 Å². The molecule has 0 aliphatic heterocycles. The van der Waals surface area contributed by atoms with Crippen molar-refractivity contribution in [3.63, 3.8) is 0 Å². The monoisotopic (exact) mass is 453 g/mol. The van der Waals surface area contributed by atoms with E-state index in [9.17, 15) is 13.2 Å². The first-order valence-corrected chi connectivity index (χ1v) is 11.5. The summed E-state index contributed by atoms with van der Waals surface area (Å²) in [6.45, 7) is 5.48. The van der Waals surface area contributed by atoms with E-state index in [-0.39, 0.29) is 15.9 Å². The van der Waals surface area contributed by atoms with Gasteiger partial charge in [0.05, 0.1) is 21.3 Å². The van der Waals surface area contributed by atoms with Crippen molar-refractivity contribution in [3.05, 3.63) is 52.3 Å². The van der Waals surface area contributed by atoms with Crippen molar-refractivity contribution in [2.24, 2.45) is 0 Å². The van der Waals surface area contributed by atoms with Crippen LogP contribution >= 0.6 is 22.9 Å². The Balaban J connectivity index is 1.74. The van der Waals surface area contributed by atoms with E-state index < -0.39 is 16.1 Å². The fourth-order valence-corrected chi connectivity index (χ4v) is 4.72. The van der Waals surface area contributed by atoms with E-state index in [2.05, 4.69) is 20.1 Å². The average Bonchev–Trinajstić information content (AvgIpc) is 3.27. The minimum Gasteiger partial charge on any atom is -0.324 e. The normalized spacial score (nSPS) is 12.6. The molecule has 1 unspecified atom stereocenters. The van der Waals surface area contributed by atoms with Gasteiger partial charge in [0.2, 0.25) is 5.91 Å². The zero-order valence-corrected chi connectivity index (χ0v) is 18.4. The van der Waals surface area contributed by atoms with Gasteiger partial charge >= 0.3 is 0 Å². The Morgan fingerprint density at radius 2 is 1.97 bits per heavy atom. The molecule has 1 amide bonds. The molecule has 0 saturated heterocycles. The van der Waals surface area contributed by atoms with Crippen LogP contribution in [0.3, 0.4) is 0 Å². The van der Waals surface area contributed by atoms with Crippen molar-refractivity contribution in [1.29, 1.82) is 0 Å². The van der Waals surface area contributed by atoms with E-state index in [1.165, 1.54) is 41.8 Å². The number of benzene rings is 1. The third kappa shape index (κ3) is 4.60. The first kappa shape index (κ1) is 21.3. The van der Waals surface area contributed by atoms with Gasteiger partial charge in [-0.05, 0) is 44.5 Å². The molecule has 29 heavy (non-hydrogen) atoms. The largest absolute Gasteiger partial charge is 0.324 e. The van der Waals surface area contributed by atoms with Gasteiger partial charge in [0.25, 0.3) is 10.0 Å². The fraction of sp³-hybridized carbons (Fsp3) is 0.278. The minimum atomic E-state index is -3.74. The second-order valence-corrected chi connectivity index (χ2v) is 9.26. The second-order valence-electron chi connectivity index (χ2n) is 6.31. The highest BCUT2D eigenvalue weighted by atomic mass is 35.5. The van der Waals surface area contributed by atoms with Gasteiger partial charge in [-0.3, -0.25) is 14.2 Å². The van der Waals surface area contributed by atoms with Gasteiger partial charge in [0.15, 0.2) is 5.13 Å². The summed E-state index contributed by atoms with van der Waals surface area (Å²) in [7, 11) is -3.74. The van der Waals surface area contributed by atoms with E-state index in [0.717, 1.165) is 5.69 Å². The lowest BCUT2D eigenvalue weighted by molar-refractivity contribution is -0.119. The summed E-state index contributed by atoms with van der Waals surface area (Å²) in [6, 6.07) is 5.39. The molecule has 3 aromatic rings. The second kappa shape index (κ2) is 8.52. The standard InChI is InChI=1S/C18H20ClN5O3S2/c1-4-15(24-12(3)16(19)11(2)22-24)17(25)21-13-5-7-14(8-6-13)29(26,27)23-18-20-9-10-28-18/h5-10,15H,4H2,1-3H3,(H,20,23)(H,21,25). The minimum absolute atomic E-state index is 0.0723. The maximum atomic E-state index is 12.8. The van der Waals surface area contributed by atoms with Crippen LogP contribution in [0.2, 0.25) is 5.02 Å². The first-order valence-electron chi connectivity index (χ1n) is 8.77. The summed E-state index contributed by atoms with van der Waals surface area (Å²) in [5.41, 5.74) is 1.87. The number of thiazole rings is 1.